The molecule has 0 fully saturated rings. The highest BCUT2D eigenvalue weighted by Crippen LogP contribution is 2.20. The van der Waals surface area contributed by atoms with E-state index in [0.717, 1.165) is 25.7 Å². The van der Waals surface area contributed by atoms with Crippen LogP contribution in [0.3, 0.4) is 0 Å². The summed E-state index contributed by atoms with van der Waals surface area (Å²) in [5.74, 6) is -1.12. The monoisotopic (exact) mass is 415 g/mol. The molecule has 1 aromatic rings. The molecule has 0 unspecified atom stereocenters. The zero-order chi connectivity index (χ0) is 22.0. The van der Waals surface area contributed by atoms with E-state index in [9.17, 15) is 14.7 Å². The third-order valence-electron chi connectivity index (χ3n) is 5.43. The minimum atomic E-state index is -1.01. The van der Waals surface area contributed by atoms with Crippen LogP contribution in [0.1, 0.15) is 113 Å². The van der Waals surface area contributed by atoms with Gasteiger partial charge in [-0.05, 0) is 50.7 Å². The van der Waals surface area contributed by atoms with Gasteiger partial charge in [0.05, 0.1) is 11.3 Å². The normalized spacial score (nSPS) is 11.1. The summed E-state index contributed by atoms with van der Waals surface area (Å²) in [6.07, 6.45) is 21.0. The minimum Gasteiger partial charge on any atom is -0.478 e. The van der Waals surface area contributed by atoms with E-state index < -0.39 is 5.97 Å². The number of unbranched alkanes of at least 4 members (excludes halogenated alkanes) is 11. The molecule has 0 spiro atoms. The summed E-state index contributed by atoms with van der Waals surface area (Å²) in [6.45, 7) is 3.99. The second-order valence-electron chi connectivity index (χ2n) is 8.19. The number of carboxylic acids is 1. The Hall–Kier alpha value is -2.10. The molecule has 0 saturated heterocycles. The van der Waals surface area contributed by atoms with E-state index in [0.29, 0.717) is 17.7 Å². The maximum Gasteiger partial charge on any atom is 0.338 e. The van der Waals surface area contributed by atoms with Crippen molar-refractivity contribution in [1.82, 2.24) is 0 Å². The number of anilines is 1. The van der Waals surface area contributed by atoms with Crippen molar-refractivity contribution >= 4 is 17.6 Å². The van der Waals surface area contributed by atoms with Gasteiger partial charge < -0.3 is 10.4 Å². The van der Waals surface area contributed by atoms with Crippen molar-refractivity contribution in [1.29, 1.82) is 0 Å². The molecule has 1 amide bonds. The maximum absolute atomic E-state index is 12.1. The molecule has 1 rings (SSSR count). The first kappa shape index (κ1) is 25.9. The average Bonchev–Trinajstić information content (AvgIpc) is 2.70. The summed E-state index contributed by atoms with van der Waals surface area (Å²) >= 11 is 0. The number of nitrogens with one attached hydrogen (secondary N) is 1. The fourth-order valence-electron chi connectivity index (χ4n) is 3.62. The number of amides is 1. The smallest absolute Gasteiger partial charge is 0.338 e. The summed E-state index contributed by atoms with van der Waals surface area (Å²) in [5.41, 5.74) is 1.22. The van der Waals surface area contributed by atoms with E-state index in [1.807, 2.05) is 0 Å². The number of rotatable bonds is 17. The number of allylic oxidation sites excluding steroid dienone is 2. The molecule has 0 aliphatic rings. The summed E-state index contributed by atoms with van der Waals surface area (Å²) in [6, 6.07) is 5.15. The molecule has 4 heteroatoms. The van der Waals surface area contributed by atoms with Crippen molar-refractivity contribution in [2.45, 2.75) is 104 Å². The van der Waals surface area contributed by atoms with Gasteiger partial charge in [-0.25, -0.2) is 4.79 Å². The first-order valence-corrected chi connectivity index (χ1v) is 11.8. The Labute approximate surface area is 183 Å². The molecule has 0 aliphatic carbocycles. The van der Waals surface area contributed by atoms with Gasteiger partial charge in [-0.3, -0.25) is 4.79 Å². The van der Waals surface area contributed by atoms with E-state index in [-0.39, 0.29) is 11.5 Å². The summed E-state index contributed by atoms with van der Waals surface area (Å²) in [5, 5.41) is 12.1. The number of carbonyl (C=O) groups is 2. The number of aromatic carboxylic acids is 1. The van der Waals surface area contributed by atoms with Crippen molar-refractivity contribution in [3.8, 4) is 0 Å². The Morgan fingerprint density at radius 3 is 2.03 bits per heavy atom. The molecule has 4 nitrogen and oxygen atoms in total. The molecule has 30 heavy (non-hydrogen) atoms. The summed E-state index contributed by atoms with van der Waals surface area (Å²) in [7, 11) is 0. The molecule has 0 aliphatic heterocycles. The number of hydrogen-bond donors (Lipinski definition) is 2. The van der Waals surface area contributed by atoms with Gasteiger partial charge in [0.2, 0.25) is 5.91 Å². The van der Waals surface area contributed by atoms with Gasteiger partial charge in [0.1, 0.15) is 0 Å². The Kier molecular flexibility index (Phi) is 14.4. The molecule has 2 N–H and O–H groups in total. The van der Waals surface area contributed by atoms with E-state index in [2.05, 4.69) is 24.4 Å². The number of hydrogen-bond acceptors (Lipinski definition) is 2. The lowest BCUT2D eigenvalue weighted by atomic mass is 10.1. The first-order valence-electron chi connectivity index (χ1n) is 11.8. The van der Waals surface area contributed by atoms with Crippen LogP contribution in [0.5, 0.6) is 0 Å². The topological polar surface area (TPSA) is 66.4 Å². The van der Waals surface area contributed by atoms with E-state index in [1.54, 1.807) is 25.1 Å². The van der Waals surface area contributed by atoms with E-state index >= 15 is 0 Å². The van der Waals surface area contributed by atoms with Gasteiger partial charge >= 0.3 is 5.97 Å². The van der Waals surface area contributed by atoms with Crippen molar-refractivity contribution in [3.63, 3.8) is 0 Å². The third-order valence-corrected chi connectivity index (χ3v) is 5.43. The van der Waals surface area contributed by atoms with Crippen LogP contribution in [-0.2, 0) is 4.79 Å². The highest BCUT2D eigenvalue weighted by Gasteiger charge is 2.14. The van der Waals surface area contributed by atoms with Crippen molar-refractivity contribution in [3.05, 3.63) is 41.5 Å². The third kappa shape index (κ3) is 11.8. The number of carbonyl (C=O) groups excluding carboxylic acids is 1. The van der Waals surface area contributed by atoms with Gasteiger partial charge in [0, 0.05) is 6.42 Å². The molecule has 0 radical (unpaired) electrons. The van der Waals surface area contributed by atoms with E-state index in [4.69, 9.17) is 0 Å². The van der Waals surface area contributed by atoms with Crippen LogP contribution in [-0.4, -0.2) is 17.0 Å². The van der Waals surface area contributed by atoms with Crippen LogP contribution in [0.4, 0.5) is 5.69 Å². The SMILES string of the molecule is CCCCCCCCC=CCCCCCCCC(=O)Nc1cccc(C)c1C(=O)O. The van der Waals surface area contributed by atoms with Crippen molar-refractivity contribution in [2.75, 3.05) is 5.32 Å². The molecule has 0 heterocycles. The fraction of sp³-hybridized carbons (Fsp3) is 0.615. The van der Waals surface area contributed by atoms with E-state index in [1.165, 1.54) is 57.8 Å². The van der Waals surface area contributed by atoms with Gasteiger partial charge in [0.15, 0.2) is 0 Å². The van der Waals surface area contributed by atoms with Crippen LogP contribution in [0.25, 0.3) is 0 Å². The molecule has 1 aromatic carbocycles. The van der Waals surface area contributed by atoms with Crippen LogP contribution in [0, 0.1) is 6.92 Å². The fourth-order valence-corrected chi connectivity index (χ4v) is 3.62. The van der Waals surface area contributed by atoms with Gasteiger partial charge in [-0.15, -0.1) is 0 Å². The highest BCUT2D eigenvalue weighted by molar-refractivity contribution is 6.01. The second-order valence-corrected chi connectivity index (χ2v) is 8.19. The second kappa shape index (κ2) is 16.7. The van der Waals surface area contributed by atoms with Gasteiger partial charge in [0.25, 0.3) is 0 Å². The maximum atomic E-state index is 12.1. The first-order chi connectivity index (χ1) is 14.6. The lowest BCUT2D eigenvalue weighted by Gasteiger charge is -2.10. The lowest BCUT2D eigenvalue weighted by molar-refractivity contribution is -0.116. The minimum absolute atomic E-state index is 0.110. The Bertz CT molecular complexity index is 652. The van der Waals surface area contributed by atoms with Crippen LogP contribution in [0.2, 0.25) is 0 Å². The van der Waals surface area contributed by atoms with Crippen molar-refractivity contribution in [2.24, 2.45) is 0 Å². The van der Waals surface area contributed by atoms with Gasteiger partial charge in [-0.1, -0.05) is 82.6 Å². The van der Waals surface area contributed by atoms with Crippen LogP contribution >= 0.6 is 0 Å². The molecule has 168 valence electrons. The number of aryl methyl sites for hydroxylation is 1. The molecule has 0 atom stereocenters. The summed E-state index contributed by atoms with van der Waals surface area (Å²) in [4.78, 5) is 23.5. The highest BCUT2D eigenvalue weighted by atomic mass is 16.4. The molecular formula is C26H41NO3. The van der Waals surface area contributed by atoms with Crippen LogP contribution in [0.15, 0.2) is 30.4 Å². The average molecular weight is 416 g/mol. The lowest BCUT2D eigenvalue weighted by Crippen LogP contribution is -2.15. The Morgan fingerprint density at radius 2 is 1.43 bits per heavy atom. The molecular weight excluding hydrogens is 374 g/mol. The Balaban J connectivity index is 2.03. The number of benzene rings is 1. The standard InChI is InChI=1S/C26H41NO3/c1-3-4-5-6-7-8-9-10-11-12-13-14-15-16-17-21-24(28)27-23-20-18-19-22(2)25(23)26(29)30/h10-11,18-20H,3-9,12-17,21H2,1-2H3,(H,27,28)(H,29,30). The Morgan fingerprint density at radius 1 is 0.867 bits per heavy atom. The molecule has 0 aromatic heterocycles. The molecule has 0 saturated carbocycles. The number of carboxylic acid groups (broad SMARTS) is 1. The zero-order valence-electron chi connectivity index (χ0n) is 19.0. The van der Waals surface area contributed by atoms with Gasteiger partial charge in [-0.2, -0.15) is 0 Å². The predicted octanol–water partition coefficient (Wildman–Crippen LogP) is 7.67. The predicted molar refractivity (Wildman–Crippen MR) is 126 cm³/mol. The van der Waals surface area contributed by atoms with Crippen LogP contribution < -0.4 is 5.32 Å². The zero-order valence-corrected chi connectivity index (χ0v) is 19.0. The summed E-state index contributed by atoms with van der Waals surface area (Å²) < 4.78 is 0. The largest absolute Gasteiger partial charge is 0.478 e. The molecule has 0 bridgehead atoms. The quantitative estimate of drug-likeness (QED) is 0.203. The van der Waals surface area contributed by atoms with Crippen molar-refractivity contribution < 1.29 is 14.7 Å².